The standard InChI is InChI=1S/C16H23NO/c1-11-5-4-7-12(9-11)16(18)15-14-8-3-2-6-13(14)10-17-15/h2-3,6,8,11-12,15-18H,4-5,7,9-10H2,1H3. The molecule has 1 saturated carbocycles. The van der Waals surface area contributed by atoms with Crippen LogP contribution in [0.1, 0.15) is 49.8 Å². The van der Waals surface area contributed by atoms with Crippen LogP contribution in [0.2, 0.25) is 0 Å². The van der Waals surface area contributed by atoms with Crippen molar-refractivity contribution in [3.63, 3.8) is 0 Å². The van der Waals surface area contributed by atoms with Gasteiger partial charge in [0.1, 0.15) is 0 Å². The zero-order valence-electron chi connectivity index (χ0n) is 11.1. The van der Waals surface area contributed by atoms with Crippen molar-refractivity contribution in [3.8, 4) is 0 Å². The van der Waals surface area contributed by atoms with Crippen molar-refractivity contribution >= 4 is 0 Å². The van der Waals surface area contributed by atoms with Gasteiger partial charge in [0.25, 0.3) is 0 Å². The Balaban J connectivity index is 1.75. The predicted molar refractivity (Wildman–Crippen MR) is 73.2 cm³/mol. The molecule has 0 radical (unpaired) electrons. The Bertz CT molecular complexity index is 417. The van der Waals surface area contributed by atoms with Crippen molar-refractivity contribution in [1.82, 2.24) is 5.32 Å². The van der Waals surface area contributed by atoms with Crippen LogP contribution in [-0.2, 0) is 6.54 Å². The van der Waals surface area contributed by atoms with Crippen molar-refractivity contribution in [2.45, 2.75) is 51.3 Å². The van der Waals surface area contributed by atoms with Crippen molar-refractivity contribution in [3.05, 3.63) is 35.4 Å². The van der Waals surface area contributed by atoms with Gasteiger partial charge < -0.3 is 10.4 Å². The molecule has 2 nitrogen and oxygen atoms in total. The van der Waals surface area contributed by atoms with E-state index in [1.807, 2.05) is 0 Å². The summed E-state index contributed by atoms with van der Waals surface area (Å²) >= 11 is 0. The predicted octanol–water partition coefficient (Wildman–Crippen LogP) is 3.02. The Kier molecular flexibility index (Phi) is 3.40. The fraction of sp³-hybridized carbons (Fsp3) is 0.625. The van der Waals surface area contributed by atoms with Crippen LogP contribution < -0.4 is 5.32 Å². The molecule has 2 N–H and O–H groups in total. The van der Waals surface area contributed by atoms with Gasteiger partial charge in [-0.05, 0) is 35.8 Å². The number of fused-ring (bicyclic) bond motifs is 1. The van der Waals surface area contributed by atoms with Gasteiger partial charge in [-0.1, -0.05) is 44.0 Å². The van der Waals surface area contributed by atoms with Gasteiger partial charge >= 0.3 is 0 Å². The van der Waals surface area contributed by atoms with Crippen molar-refractivity contribution in [1.29, 1.82) is 0 Å². The van der Waals surface area contributed by atoms with Crippen LogP contribution in [0.5, 0.6) is 0 Å². The summed E-state index contributed by atoms with van der Waals surface area (Å²) in [5, 5.41) is 14.2. The number of aliphatic hydroxyl groups excluding tert-OH is 1. The third kappa shape index (κ3) is 2.19. The zero-order valence-corrected chi connectivity index (χ0v) is 11.1. The number of nitrogens with one attached hydrogen (secondary N) is 1. The highest BCUT2D eigenvalue weighted by Gasteiger charge is 2.34. The number of hydrogen-bond donors (Lipinski definition) is 2. The van der Waals surface area contributed by atoms with Crippen molar-refractivity contribution in [2.75, 3.05) is 0 Å². The first-order chi connectivity index (χ1) is 8.75. The van der Waals surface area contributed by atoms with E-state index < -0.39 is 0 Å². The molecule has 1 heterocycles. The minimum absolute atomic E-state index is 0.150. The smallest absolute Gasteiger partial charge is 0.0763 e. The summed E-state index contributed by atoms with van der Waals surface area (Å²) in [6.45, 7) is 3.22. The minimum Gasteiger partial charge on any atom is -0.391 e. The molecule has 4 unspecified atom stereocenters. The first-order valence-corrected chi connectivity index (χ1v) is 7.25. The molecule has 0 amide bonds. The summed E-state index contributed by atoms with van der Waals surface area (Å²) in [4.78, 5) is 0. The van der Waals surface area contributed by atoms with Gasteiger partial charge in [-0.25, -0.2) is 0 Å². The lowest BCUT2D eigenvalue weighted by Gasteiger charge is -2.33. The fourth-order valence-corrected chi connectivity index (χ4v) is 3.70. The molecule has 1 fully saturated rings. The van der Waals surface area contributed by atoms with E-state index in [9.17, 15) is 5.11 Å². The molecule has 4 atom stereocenters. The van der Waals surface area contributed by atoms with Crippen LogP contribution in [-0.4, -0.2) is 11.2 Å². The number of aliphatic hydroxyl groups is 1. The molecule has 2 aliphatic rings. The van der Waals surface area contributed by atoms with Gasteiger partial charge in [0.2, 0.25) is 0 Å². The normalized spacial score (nSPS) is 33.1. The Labute approximate surface area is 109 Å². The Morgan fingerprint density at radius 2 is 2.11 bits per heavy atom. The maximum Gasteiger partial charge on any atom is 0.0763 e. The number of benzene rings is 1. The lowest BCUT2D eigenvalue weighted by atomic mass is 9.77. The average Bonchev–Trinajstić information content (AvgIpc) is 2.82. The molecule has 1 aliphatic heterocycles. The summed E-state index contributed by atoms with van der Waals surface area (Å²) in [5.74, 6) is 1.24. The highest BCUT2D eigenvalue weighted by atomic mass is 16.3. The zero-order chi connectivity index (χ0) is 12.5. The van der Waals surface area contributed by atoms with Crippen LogP contribution >= 0.6 is 0 Å². The molecule has 18 heavy (non-hydrogen) atoms. The molecule has 0 saturated heterocycles. The van der Waals surface area contributed by atoms with Gasteiger partial charge in [0, 0.05) is 6.54 Å². The van der Waals surface area contributed by atoms with Gasteiger partial charge in [0.15, 0.2) is 0 Å². The molecular formula is C16H23NO. The van der Waals surface area contributed by atoms with Gasteiger partial charge in [-0.2, -0.15) is 0 Å². The van der Waals surface area contributed by atoms with E-state index in [0.717, 1.165) is 12.5 Å². The molecule has 0 spiro atoms. The van der Waals surface area contributed by atoms with Crippen LogP contribution in [0.15, 0.2) is 24.3 Å². The molecule has 1 aliphatic carbocycles. The van der Waals surface area contributed by atoms with Gasteiger partial charge in [0.05, 0.1) is 12.1 Å². The van der Waals surface area contributed by atoms with E-state index >= 15 is 0 Å². The van der Waals surface area contributed by atoms with E-state index in [-0.39, 0.29) is 12.1 Å². The second kappa shape index (κ2) is 5.02. The second-order valence-corrected chi connectivity index (χ2v) is 6.08. The maximum atomic E-state index is 10.7. The van der Waals surface area contributed by atoms with Crippen LogP contribution in [0.4, 0.5) is 0 Å². The van der Waals surface area contributed by atoms with Crippen LogP contribution in [0.25, 0.3) is 0 Å². The molecule has 98 valence electrons. The topological polar surface area (TPSA) is 32.3 Å². The summed E-state index contributed by atoms with van der Waals surface area (Å²) in [5.41, 5.74) is 2.66. The molecule has 1 aromatic rings. The lowest BCUT2D eigenvalue weighted by molar-refractivity contribution is 0.0424. The Morgan fingerprint density at radius 3 is 2.94 bits per heavy atom. The van der Waals surface area contributed by atoms with Crippen LogP contribution in [0, 0.1) is 11.8 Å². The molecular weight excluding hydrogens is 222 g/mol. The Morgan fingerprint density at radius 1 is 1.28 bits per heavy atom. The first-order valence-electron chi connectivity index (χ1n) is 7.25. The highest BCUT2D eigenvalue weighted by Crippen LogP contribution is 2.37. The lowest BCUT2D eigenvalue weighted by Crippen LogP contribution is -2.35. The summed E-state index contributed by atoms with van der Waals surface area (Å²) < 4.78 is 0. The van der Waals surface area contributed by atoms with Crippen LogP contribution in [0.3, 0.4) is 0 Å². The third-order valence-corrected chi connectivity index (χ3v) is 4.70. The third-order valence-electron chi connectivity index (χ3n) is 4.70. The average molecular weight is 245 g/mol. The minimum atomic E-state index is -0.226. The quantitative estimate of drug-likeness (QED) is 0.839. The summed E-state index contributed by atoms with van der Waals surface area (Å²) in [7, 11) is 0. The SMILES string of the molecule is CC1CCCC(C(O)C2NCc3ccccc32)C1. The van der Waals surface area contributed by atoms with E-state index in [1.165, 1.54) is 36.8 Å². The molecule has 0 bridgehead atoms. The molecule has 2 heteroatoms. The largest absolute Gasteiger partial charge is 0.391 e. The van der Waals surface area contributed by atoms with E-state index in [1.54, 1.807) is 0 Å². The van der Waals surface area contributed by atoms with E-state index in [2.05, 4.69) is 36.5 Å². The molecule has 3 rings (SSSR count). The van der Waals surface area contributed by atoms with E-state index in [4.69, 9.17) is 0 Å². The maximum absolute atomic E-state index is 10.7. The second-order valence-electron chi connectivity index (χ2n) is 6.08. The van der Waals surface area contributed by atoms with Gasteiger partial charge in [-0.3, -0.25) is 0 Å². The monoisotopic (exact) mass is 245 g/mol. The molecule has 0 aromatic heterocycles. The fourth-order valence-electron chi connectivity index (χ4n) is 3.70. The van der Waals surface area contributed by atoms with Crippen molar-refractivity contribution < 1.29 is 5.11 Å². The Hall–Kier alpha value is -0.860. The van der Waals surface area contributed by atoms with E-state index in [0.29, 0.717) is 5.92 Å². The number of hydrogen-bond acceptors (Lipinski definition) is 2. The van der Waals surface area contributed by atoms with Gasteiger partial charge in [-0.15, -0.1) is 0 Å². The summed E-state index contributed by atoms with van der Waals surface area (Å²) in [6, 6.07) is 8.64. The first kappa shape index (κ1) is 12.2. The number of rotatable bonds is 2. The highest BCUT2D eigenvalue weighted by molar-refractivity contribution is 5.34. The summed E-state index contributed by atoms with van der Waals surface area (Å²) in [6.07, 6.45) is 4.75. The van der Waals surface area contributed by atoms with Crippen molar-refractivity contribution in [2.24, 2.45) is 11.8 Å². The molecule has 1 aromatic carbocycles.